The smallest absolute Gasteiger partial charge is 0.387 e. The lowest BCUT2D eigenvalue weighted by atomic mass is 10.0. The van der Waals surface area contributed by atoms with Crippen LogP contribution in [0.15, 0.2) is 36.5 Å². The highest BCUT2D eigenvalue weighted by atomic mass is 31.2. The minimum Gasteiger partial charge on any atom is -0.387 e. The molecule has 0 spiro atoms. The maximum Gasteiger partial charge on any atom is 0.472 e. The van der Waals surface area contributed by atoms with Crippen LogP contribution in [0.2, 0.25) is 0 Å². The Bertz CT molecular complexity index is 948. The molecule has 0 rings (SSSR count). The van der Waals surface area contributed by atoms with E-state index in [2.05, 4.69) is 43.5 Å². The molecule has 0 fully saturated rings. The van der Waals surface area contributed by atoms with Gasteiger partial charge in [0.15, 0.2) is 0 Å². The number of phosphoric ester groups is 1. The van der Waals surface area contributed by atoms with Crippen LogP contribution in [-0.4, -0.2) is 73.4 Å². The van der Waals surface area contributed by atoms with Gasteiger partial charge in [-0.25, -0.2) is 4.57 Å². The highest BCUT2D eigenvalue weighted by molar-refractivity contribution is 7.47. The minimum atomic E-state index is -4.33. The first-order chi connectivity index (χ1) is 25.0. The Morgan fingerprint density at radius 1 is 0.635 bits per heavy atom. The van der Waals surface area contributed by atoms with Crippen molar-refractivity contribution in [1.29, 1.82) is 0 Å². The van der Waals surface area contributed by atoms with E-state index in [9.17, 15) is 19.4 Å². The number of rotatable bonds is 38. The zero-order valence-electron chi connectivity index (χ0n) is 34.5. The van der Waals surface area contributed by atoms with Gasteiger partial charge in [0.25, 0.3) is 0 Å². The van der Waals surface area contributed by atoms with E-state index in [4.69, 9.17) is 9.05 Å². The van der Waals surface area contributed by atoms with Gasteiger partial charge in [0.2, 0.25) is 5.91 Å². The normalized spacial score (nSPS) is 14.8. The van der Waals surface area contributed by atoms with Crippen molar-refractivity contribution < 1.29 is 32.9 Å². The van der Waals surface area contributed by atoms with E-state index in [-0.39, 0.29) is 19.1 Å². The van der Waals surface area contributed by atoms with Gasteiger partial charge in [-0.2, -0.15) is 0 Å². The Balaban J connectivity index is 4.28. The molecule has 0 aromatic rings. The molecule has 0 saturated carbocycles. The lowest BCUT2D eigenvalue weighted by Crippen LogP contribution is -2.45. The largest absolute Gasteiger partial charge is 0.472 e. The Morgan fingerprint density at radius 3 is 1.54 bits per heavy atom. The SMILES string of the molecule is CCCCCCCCCCCCCCCC/C=C/CC/C=C/CC/C=C/C(O)C(COP(=O)(O)OCC[N+](C)(C)C)NC(=O)CCCCCCCC. The molecular formula is C43H84N2O6P+. The Morgan fingerprint density at radius 2 is 1.06 bits per heavy atom. The standard InChI is InChI=1S/C43H83N2O6P/c1-6-8-10-12-14-15-16-17-18-19-20-21-22-23-24-25-26-27-28-29-30-31-32-34-36-42(46)41(44-43(47)37-35-33-13-11-9-7-2)40-51-52(48,49)50-39-38-45(3,4)5/h25-26,29-30,34,36,41-42,46H,6-24,27-28,31-33,35,37-40H2,1-5H3,(H-,44,47,48,49)/p+1/b26-25+,30-29+,36-34+. The number of nitrogens with one attached hydrogen (secondary N) is 1. The van der Waals surface area contributed by atoms with Gasteiger partial charge < -0.3 is 19.8 Å². The van der Waals surface area contributed by atoms with Gasteiger partial charge in [-0.05, 0) is 44.9 Å². The summed E-state index contributed by atoms with van der Waals surface area (Å²) in [6.45, 7) is 4.71. The maximum absolute atomic E-state index is 12.7. The number of quaternary nitrogens is 1. The predicted octanol–water partition coefficient (Wildman–Crippen LogP) is 11.5. The van der Waals surface area contributed by atoms with Crippen LogP contribution in [-0.2, 0) is 18.4 Å². The molecule has 9 heteroatoms. The number of carbonyl (C=O) groups excluding carboxylic acids is 1. The van der Waals surface area contributed by atoms with E-state index in [0.29, 0.717) is 17.4 Å². The van der Waals surface area contributed by atoms with Crippen LogP contribution in [0.1, 0.15) is 181 Å². The van der Waals surface area contributed by atoms with E-state index >= 15 is 0 Å². The molecule has 8 nitrogen and oxygen atoms in total. The number of hydrogen-bond donors (Lipinski definition) is 3. The number of nitrogens with zero attached hydrogens (tertiary/aromatic N) is 1. The number of carbonyl (C=O) groups is 1. The minimum absolute atomic E-state index is 0.0537. The number of aliphatic hydroxyl groups is 1. The van der Waals surface area contributed by atoms with Gasteiger partial charge in [0, 0.05) is 6.42 Å². The van der Waals surface area contributed by atoms with Crippen LogP contribution in [0.4, 0.5) is 0 Å². The molecule has 0 radical (unpaired) electrons. The topological polar surface area (TPSA) is 105 Å². The molecule has 306 valence electrons. The lowest BCUT2D eigenvalue weighted by Gasteiger charge is -2.25. The maximum atomic E-state index is 12.7. The molecule has 3 N–H and O–H groups in total. The van der Waals surface area contributed by atoms with Crippen molar-refractivity contribution in [3.8, 4) is 0 Å². The Kier molecular flexibility index (Phi) is 34.6. The number of likely N-dealkylation sites (N-methyl/N-ethyl adjacent to an activating group) is 1. The van der Waals surface area contributed by atoms with Crippen LogP contribution < -0.4 is 5.32 Å². The highest BCUT2D eigenvalue weighted by Gasteiger charge is 2.27. The summed E-state index contributed by atoms with van der Waals surface area (Å²) in [6, 6.07) is -0.863. The van der Waals surface area contributed by atoms with Gasteiger partial charge >= 0.3 is 7.82 Å². The van der Waals surface area contributed by atoms with E-state index in [1.807, 2.05) is 27.2 Å². The van der Waals surface area contributed by atoms with Crippen molar-refractivity contribution in [1.82, 2.24) is 5.32 Å². The lowest BCUT2D eigenvalue weighted by molar-refractivity contribution is -0.870. The van der Waals surface area contributed by atoms with Gasteiger partial charge in [-0.15, -0.1) is 0 Å². The number of unbranched alkanes of at least 4 members (excludes halogenated alkanes) is 21. The van der Waals surface area contributed by atoms with Crippen molar-refractivity contribution in [2.45, 2.75) is 193 Å². The third-order valence-corrected chi connectivity index (χ3v) is 10.3. The van der Waals surface area contributed by atoms with Gasteiger partial charge in [-0.3, -0.25) is 13.8 Å². The second kappa shape index (κ2) is 35.4. The van der Waals surface area contributed by atoms with E-state index in [1.165, 1.54) is 116 Å². The number of phosphoric acid groups is 1. The fourth-order valence-corrected chi connectivity index (χ4v) is 6.63. The molecule has 0 heterocycles. The van der Waals surface area contributed by atoms with Crippen LogP contribution in [0.5, 0.6) is 0 Å². The fraction of sp³-hybridized carbons (Fsp3) is 0.837. The quantitative estimate of drug-likeness (QED) is 0.0251. The molecule has 52 heavy (non-hydrogen) atoms. The molecular weight excluding hydrogens is 671 g/mol. The number of amides is 1. The zero-order chi connectivity index (χ0) is 38.6. The zero-order valence-corrected chi connectivity index (χ0v) is 35.4. The molecule has 0 aliphatic carbocycles. The van der Waals surface area contributed by atoms with Crippen LogP contribution in [0.3, 0.4) is 0 Å². The van der Waals surface area contributed by atoms with Crippen molar-refractivity contribution in [3.05, 3.63) is 36.5 Å². The molecule has 3 unspecified atom stereocenters. The highest BCUT2D eigenvalue weighted by Crippen LogP contribution is 2.43. The summed E-state index contributed by atoms with van der Waals surface area (Å²) in [6.07, 6.45) is 42.6. The van der Waals surface area contributed by atoms with E-state index in [1.54, 1.807) is 6.08 Å². The number of aliphatic hydroxyl groups excluding tert-OH is 1. The summed E-state index contributed by atoms with van der Waals surface area (Å²) in [7, 11) is 1.54. The summed E-state index contributed by atoms with van der Waals surface area (Å²) < 4.78 is 23.4. The monoisotopic (exact) mass is 756 g/mol. The predicted molar refractivity (Wildman–Crippen MR) is 221 cm³/mol. The fourth-order valence-electron chi connectivity index (χ4n) is 5.90. The van der Waals surface area contributed by atoms with E-state index in [0.717, 1.165) is 44.9 Å². The second-order valence-electron chi connectivity index (χ2n) is 15.7. The van der Waals surface area contributed by atoms with Crippen molar-refractivity contribution in [2.75, 3.05) is 40.9 Å². The van der Waals surface area contributed by atoms with Gasteiger partial charge in [0.1, 0.15) is 13.2 Å². The average Bonchev–Trinajstić information content (AvgIpc) is 3.09. The third-order valence-electron chi connectivity index (χ3n) is 9.34. The van der Waals surface area contributed by atoms with E-state index < -0.39 is 20.0 Å². The summed E-state index contributed by atoms with van der Waals surface area (Å²) in [4.78, 5) is 22.8. The Labute approximate surface area is 321 Å². The molecule has 0 aromatic heterocycles. The molecule has 0 bridgehead atoms. The van der Waals surface area contributed by atoms with Crippen LogP contribution >= 0.6 is 7.82 Å². The Hall–Kier alpha value is -1.28. The van der Waals surface area contributed by atoms with Crippen LogP contribution in [0, 0.1) is 0 Å². The molecule has 3 atom stereocenters. The second-order valence-corrected chi connectivity index (χ2v) is 17.2. The first-order valence-corrected chi connectivity index (χ1v) is 22.9. The number of hydrogen-bond acceptors (Lipinski definition) is 5. The van der Waals surface area contributed by atoms with Crippen molar-refractivity contribution in [2.24, 2.45) is 0 Å². The molecule has 1 amide bonds. The van der Waals surface area contributed by atoms with Gasteiger partial charge in [0.05, 0.1) is 39.9 Å². The van der Waals surface area contributed by atoms with Crippen molar-refractivity contribution in [3.63, 3.8) is 0 Å². The third kappa shape index (κ3) is 37.1. The summed E-state index contributed by atoms with van der Waals surface area (Å²) in [5, 5.41) is 13.7. The average molecular weight is 756 g/mol. The summed E-state index contributed by atoms with van der Waals surface area (Å²) in [5.41, 5.74) is 0. The first kappa shape index (κ1) is 50.7. The summed E-state index contributed by atoms with van der Waals surface area (Å²) in [5.74, 6) is -0.202. The molecule has 0 aromatic carbocycles. The molecule has 0 aliphatic rings. The van der Waals surface area contributed by atoms with Crippen LogP contribution in [0.25, 0.3) is 0 Å². The number of allylic oxidation sites excluding steroid dienone is 5. The molecule has 0 saturated heterocycles. The first-order valence-electron chi connectivity index (χ1n) is 21.4. The summed E-state index contributed by atoms with van der Waals surface area (Å²) >= 11 is 0. The van der Waals surface area contributed by atoms with Gasteiger partial charge in [-0.1, -0.05) is 166 Å². The van der Waals surface area contributed by atoms with Crippen molar-refractivity contribution >= 4 is 13.7 Å². The molecule has 0 aliphatic heterocycles.